The highest BCUT2D eigenvalue weighted by atomic mass is 16.2. The lowest BCUT2D eigenvalue weighted by molar-refractivity contribution is -0.133. The van der Waals surface area contributed by atoms with Gasteiger partial charge in [0, 0.05) is 32.6 Å². The SMILES string of the molecule is CN1CCN(C(=O)CC[C@@]2(C)C[C@@H]2c2ccccc2)CC1. The van der Waals surface area contributed by atoms with E-state index in [1.165, 1.54) is 12.0 Å². The Balaban J connectivity index is 1.49. The van der Waals surface area contributed by atoms with Crippen molar-refractivity contribution in [3.63, 3.8) is 0 Å². The molecular formula is C18H26N2O. The Morgan fingerprint density at radius 3 is 2.52 bits per heavy atom. The standard InChI is InChI=1S/C18H26N2O/c1-18(14-16(18)15-6-4-3-5-7-15)9-8-17(21)20-12-10-19(2)11-13-20/h3-7,16H,8-14H2,1-2H3/t16-,18+/m1/s1. The summed E-state index contributed by atoms with van der Waals surface area (Å²) in [6.45, 7) is 6.15. The molecule has 1 aliphatic heterocycles. The zero-order valence-electron chi connectivity index (χ0n) is 13.2. The maximum atomic E-state index is 12.3. The zero-order chi connectivity index (χ0) is 14.9. The quantitative estimate of drug-likeness (QED) is 0.849. The Morgan fingerprint density at radius 1 is 1.19 bits per heavy atom. The smallest absolute Gasteiger partial charge is 0.222 e. The summed E-state index contributed by atoms with van der Waals surface area (Å²) in [6.07, 6.45) is 2.97. The highest BCUT2D eigenvalue weighted by Crippen LogP contribution is 2.61. The van der Waals surface area contributed by atoms with E-state index in [2.05, 4.69) is 49.2 Å². The Labute approximate surface area is 127 Å². The Bertz CT molecular complexity index is 493. The largest absolute Gasteiger partial charge is 0.340 e. The Hall–Kier alpha value is -1.35. The van der Waals surface area contributed by atoms with Crippen LogP contribution in [0.2, 0.25) is 0 Å². The van der Waals surface area contributed by atoms with Crippen LogP contribution in [0, 0.1) is 5.41 Å². The van der Waals surface area contributed by atoms with Crippen LogP contribution in [0.5, 0.6) is 0 Å². The third kappa shape index (κ3) is 3.29. The first-order valence-corrected chi connectivity index (χ1v) is 8.10. The van der Waals surface area contributed by atoms with Crippen molar-refractivity contribution in [1.29, 1.82) is 0 Å². The van der Waals surface area contributed by atoms with Crippen molar-refractivity contribution in [2.45, 2.75) is 32.1 Å². The van der Waals surface area contributed by atoms with E-state index in [0.29, 0.717) is 23.7 Å². The lowest BCUT2D eigenvalue weighted by Gasteiger charge is -2.32. The van der Waals surface area contributed by atoms with Crippen molar-refractivity contribution in [2.24, 2.45) is 5.41 Å². The van der Waals surface area contributed by atoms with Crippen LogP contribution in [-0.2, 0) is 4.79 Å². The van der Waals surface area contributed by atoms with Crippen molar-refractivity contribution in [3.05, 3.63) is 35.9 Å². The van der Waals surface area contributed by atoms with E-state index < -0.39 is 0 Å². The van der Waals surface area contributed by atoms with E-state index in [9.17, 15) is 4.79 Å². The number of likely N-dealkylation sites (N-methyl/N-ethyl adjacent to an activating group) is 1. The number of carbonyl (C=O) groups excluding carboxylic acids is 1. The van der Waals surface area contributed by atoms with Crippen molar-refractivity contribution < 1.29 is 4.79 Å². The highest BCUT2D eigenvalue weighted by Gasteiger charge is 2.50. The molecule has 3 rings (SSSR count). The second-order valence-corrected chi connectivity index (χ2v) is 7.01. The van der Waals surface area contributed by atoms with Gasteiger partial charge in [-0.05, 0) is 36.8 Å². The monoisotopic (exact) mass is 286 g/mol. The molecule has 3 nitrogen and oxygen atoms in total. The fourth-order valence-electron chi connectivity index (χ4n) is 3.50. The molecule has 0 unspecified atom stereocenters. The fraction of sp³-hybridized carbons (Fsp3) is 0.611. The molecule has 1 heterocycles. The van der Waals surface area contributed by atoms with Crippen LogP contribution in [-0.4, -0.2) is 48.9 Å². The third-order valence-electron chi connectivity index (χ3n) is 5.32. The van der Waals surface area contributed by atoms with Gasteiger partial charge in [0.2, 0.25) is 5.91 Å². The summed E-state index contributed by atoms with van der Waals surface area (Å²) in [4.78, 5) is 16.7. The van der Waals surface area contributed by atoms with Gasteiger partial charge in [0.15, 0.2) is 0 Å². The number of rotatable bonds is 4. The summed E-state index contributed by atoms with van der Waals surface area (Å²) in [5.41, 5.74) is 1.77. The van der Waals surface area contributed by atoms with Gasteiger partial charge in [-0.1, -0.05) is 37.3 Å². The Kier molecular flexibility index (Phi) is 4.03. The highest BCUT2D eigenvalue weighted by molar-refractivity contribution is 5.76. The molecule has 1 amide bonds. The summed E-state index contributed by atoms with van der Waals surface area (Å²) in [7, 11) is 2.12. The summed E-state index contributed by atoms with van der Waals surface area (Å²) in [5.74, 6) is 1.00. The summed E-state index contributed by atoms with van der Waals surface area (Å²) >= 11 is 0. The zero-order valence-corrected chi connectivity index (χ0v) is 13.2. The molecule has 0 N–H and O–H groups in total. The number of piperazine rings is 1. The van der Waals surface area contributed by atoms with Crippen molar-refractivity contribution in [2.75, 3.05) is 33.2 Å². The first kappa shape index (κ1) is 14.6. The number of amides is 1. The Morgan fingerprint density at radius 2 is 1.86 bits per heavy atom. The minimum Gasteiger partial charge on any atom is -0.340 e. The van der Waals surface area contributed by atoms with Crippen LogP contribution in [0.3, 0.4) is 0 Å². The predicted octanol–water partition coefficient (Wildman–Crippen LogP) is 2.73. The molecule has 1 aromatic rings. The molecule has 2 fully saturated rings. The number of benzene rings is 1. The van der Waals surface area contributed by atoms with Gasteiger partial charge in [0.05, 0.1) is 0 Å². The fourth-order valence-corrected chi connectivity index (χ4v) is 3.50. The second kappa shape index (κ2) is 5.80. The predicted molar refractivity (Wildman–Crippen MR) is 85.2 cm³/mol. The minimum absolute atomic E-state index is 0.337. The molecule has 1 saturated heterocycles. The van der Waals surface area contributed by atoms with Crippen molar-refractivity contribution in [3.8, 4) is 0 Å². The lowest BCUT2D eigenvalue weighted by atomic mass is 9.95. The van der Waals surface area contributed by atoms with Crippen LogP contribution in [0.1, 0.15) is 37.7 Å². The van der Waals surface area contributed by atoms with Gasteiger partial charge in [0.1, 0.15) is 0 Å². The van der Waals surface area contributed by atoms with Gasteiger partial charge in [-0.2, -0.15) is 0 Å². The number of hydrogen-bond acceptors (Lipinski definition) is 2. The molecule has 114 valence electrons. The maximum Gasteiger partial charge on any atom is 0.222 e. The van der Waals surface area contributed by atoms with Gasteiger partial charge in [0.25, 0.3) is 0 Å². The van der Waals surface area contributed by atoms with E-state index in [-0.39, 0.29) is 0 Å². The third-order valence-corrected chi connectivity index (χ3v) is 5.32. The van der Waals surface area contributed by atoms with Gasteiger partial charge in [-0.3, -0.25) is 4.79 Å². The van der Waals surface area contributed by atoms with Gasteiger partial charge < -0.3 is 9.80 Å². The minimum atomic E-state index is 0.337. The lowest BCUT2D eigenvalue weighted by Crippen LogP contribution is -2.47. The van der Waals surface area contributed by atoms with Crippen LogP contribution in [0.25, 0.3) is 0 Å². The topological polar surface area (TPSA) is 23.6 Å². The molecule has 2 aliphatic rings. The molecule has 0 bridgehead atoms. The van der Waals surface area contributed by atoms with Gasteiger partial charge in [-0.15, -0.1) is 0 Å². The van der Waals surface area contributed by atoms with E-state index in [1.807, 2.05) is 4.90 Å². The molecule has 3 heteroatoms. The summed E-state index contributed by atoms with van der Waals surface area (Å²) in [5, 5.41) is 0. The average Bonchev–Trinajstić information content (AvgIpc) is 3.19. The van der Waals surface area contributed by atoms with Gasteiger partial charge in [-0.25, -0.2) is 0 Å². The van der Waals surface area contributed by atoms with Crippen LogP contribution in [0.15, 0.2) is 30.3 Å². The molecule has 2 atom stereocenters. The van der Waals surface area contributed by atoms with Crippen LogP contribution < -0.4 is 0 Å². The van der Waals surface area contributed by atoms with Crippen molar-refractivity contribution >= 4 is 5.91 Å². The average molecular weight is 286 g/mol. The first-order chi connectivity index (χ1) is 10.1. The molecule has 21 heavy (non-hydrogen) atoms. The first-order valence-electron chi connectivity index (χ1n) is 8.10. The normalized spacial score (nSPS) is 29.4. The number of nitrogens with zero attached hydrogens (tertiary/aromatic N) is 2. The molecule has 0 aromatic heterocycles. The molecule has 1 aromatic carbocycles. The number of carbonyl (C=O) groups is 1. The molecule has 0 spiro atoms. The molecule has 0 radical (unpaired) electrons. The van der Waals surface area contributed by atoms with E-state index in [0.717, 1.165) is 32.6 Å². The molecule has 1 aliphatic carbocycles. The second-order valence-electron chi connectivity index (χ2n) is 7.01. The van der Waals surface area contributed by atoms with E-state index in [1.54, 1.807) is 0 Å². The number of hydrogen-bond donors (Lipinski definition) is 0. The van der Waals surface area contributed by atoms with E-state index in [4.69, 9.17) is 0 Å². The molecule has 1 saturated carbocycles. The summed E-state index contributed by atoms with van der Waals surface area (Å²) < 4.78 is 0. The van der Waals surface area contributed by atoms with Gasteiger partial charge >= 0.3 is 0 Å². The van der Waals surface area contributed by atoms with Crippen LogP contribution >= 0.6 is 0 Å². The van der Waals surface area contributed by atoms with Crippen molar-refractivity contribution in [1.82, 2.24) is 9.80 Å². The maximum absolute atomic E-state index is 12.3. The van der Waals surface area contributed by atoms with E-state index >= 15 is 0 Å². The van der Waals surface area contributed by atoms with Crippen LogP contribution in [0.4, 0.5) is 0 Å². The molecular weight excluding hydrogens is 260 g/mol. The summed E-state index contributed by atoms with van der Waals surface area (Å²) in [6, 6.07) is 10.7.